The van der Waals surface area contributed by atoms with Gasteiger partial charge in [0.05, 0.1) is 6.04 Å². The van der Waals surface area contributed by atoms with Gasteiger partial charge in [-0.2, -0.15) is 4.39 Å². The highest BCUT2D eigenvalue weighted by Gasteiger charge is 2.46. The van der Waals surface area contributed by atoms with Gasteiger partial charge in [0.15, 0.2) is 0 Å². The lowest BCUT2D eigenvalue weighted by atomic mass is 9.79. The van der Waals surface area contributed by atoms with Crippen LogP contribution in [0.25, 0.3) is 0 Å². The molecule has 1 aliphatic heterocycles. The van der Waals surface area contributed by atoms with Gasteiger partial charge in [-0.25, -0.2) is 18.2 Å². The largest absolute Gasteiger partial charge is 0.354 e. The van der Waals surface area contributed by atoms with Crippen LogP contribution in [-0.2, 0) is 12.0 Å². The number of aliphatic imine (C=N–C) groups is 1. The van der Waals surface area contributed by atoms with Gasteiger partial charge < -0.3 is 10.3 Å². The standard InChI is InChI=1S/C23H20F4N4O/c1-3-16-19(20(26)27)17(11-29-22(16)32)21-30-12(2)23(31-21,13-4-7-15(24)8-5-13)14-6-9-18(25)28-10-14/h4-12,20H,3H2,1-2H3,(H,29,32)(H,30,31)/t12-,23+/m0/s1. The molecule has 2 aromatic heterocycles. The van der Waals surface area contributed by atoms with E-state index in [1.807, 2.05) is 0 Å². The molecule has 2 N–H and O–H groups in total. The lowest BCUT2D eigenvalue weighted by Gasteiger charge is -2.34. The Hall–Kier alpha value is -3.49. The number of nitrogens with one attached hydrogen (secondary N) is 2. The number of pyridine rings is 2. The van der Waals surface area contributed by atoms with Crippen LogP contribution in [0.3, 0.4) is 0 Å². The summed E-state index contributed by atoms with van der Waals surface area (Å²) in [5.74, 6) is -0.975. The maximum atomic E-state index is 14.0. The zero-order valence-corrected chi connectivity index (χ0v) is 17.3. The van der Waals surface area contributed by atoms with E-state index >= 15 is 0 Å². The van der Waals surface area contributed by atoms with Crippen LogP contribution in [-0.4, -0.2) is 21.8 Å². The Morgan fingerprint density at radius 2 is 1.78 bits per heavy atom. The van der Waals surface area contributed by atoms with E-state index in [0.29, 0.717) is 11.1 Å². The third-order valence-electron chi connectivity index (χ3n) is 5.81. The number of H-pyrrole nitrogens is 1. The van der Waals surface area contributed by atoms with Crippen LogP contribution in [0.4, 0.5) is 17.6 Å². The van der Waals surface area contributed by atoms with Crippen molar-refractivity contribution in [2.24, 2.45) is 4.99 Å². The number of aromatic amines is 1. The summed E-state index contributed by atoms with van der Waals surface area (Å²) >= 11 is 0. The Kier molecular flexibility index (Phi) is 5.58. The maximum absolute atomic E-state index is 14.0. The van der Waals surface area contributed by atoms with Crippen molar-refractivity contribution in [3.05, 3.63) is 98.7 Å². The number of halogens is 4. The van der Waals surface area contributed by atoms with Gasteiger partial charge in [-0.3, -0.25) is 9.79 Å². The molecule has 166 valence electrons. The van der Waals surface area contributed by atoms with Gasteiger partial charge in [0.2, 0.25) is 5.95 Å². The zero-order valence-electron chi connectivity index (χ0n) is 17.3. The Morgan fingerprint density at radius 1 is 1.09 bits per heavy atom. The summed E-state index contributed by atoms with van der Waals surface area (Å²) in [5.41, 5.74) is -0.911. The third-order valence-corrected chi connectivity index (χ3v) is 5.81. The summed E-state index contributed by atoms with van der Waals surface area (Å²) in [6.45, 7) is 3.39. The molecule has 0 spiro atoms. The Bertz CT molecular complexity index is 1170. The van der Waals surface area contributed by atoms with Gasteiger partial charge in [-0.1, -0.05) is 25.1 Å². The molecular weight excluding hydrogens is 424 g/mol. The fourth-order valence-corrected chi connectivity index (χ4v) is 4.25. The van der Waals surface area contributed by atoms with Crippen LogP contribution in [0.5, 0.6) is 0 Å². The highest BCUT2D eigenvalue weighted by molar-refractivity contribution is 6.02. The van der Waals surface area contributed by atoms with Gasteiger partial charge in [0.25, 0.3) is 12.0 Å². The lowest BCUT2D eigenvalue weighted by molar-refractivity contribution is 0.149. The number of hydrogen-bond acceptors (Lipinski definition) is 4. The second kappa shape index (κ2) is 8.22. The molecule has 0 radical (unpaired) electrons. The number of rotatable bonds is 5. The first-order chi connectivity index (χ1) is 15.3. The highest BCUT2D eigenvalue weighted by atomic mass is 19.3. The quantitative estimate of drug-likeness (QED) is 0.457. The number of aromatic nitrogens is 2. The van der Waals surface area contributed by atoms with Crippen molar-refractivity contribution in [3.63, 3.8) is 0 Å². The molecule has 32 heavy (non-hydrogen) atoms. The molecule has 0 saturated carbocycles. The minimum Gasteiger partial charge on any atom is -0.354 e. The third kappa shape index (κ3) is 3.47. The van der Waals surface area contributed by atoms with Gasteiger partial charge in [0, 0.05) is 34.6 Å². The molecule has 0 aliphatic carbocycles. The van der Waals surface area contributed by atoms with Crippen molar-refractivity contribution >= 4 is 5.84 Å². The molecule has 0 fully saturated rings. The minimum atomic E-state index is -2.89. The Morgan fingerprint density at radius 3 is 2.38 bits per heavy atom. The second-order valence-electron chi connectivity index (χ2n) is 7.54. The van der Waals surface area contributed by atoms with Gasteiger partial charge in [-0.05, 0) is 37.1 Å². The van der Waals surface area contributed by atoms with Gasteiger partial charge in [-0.15, -0.1) is 0 Å². The van der Waals surface area contributed by atoms with E-state index in [4.69, 9.17) is 0 Å². The first kappa shape index (κ1) is 21.7. The molecule has 4 rings (SSSR count). The van der Waals surface area contributed by atoms with E-state index in [-0.39, 0.29) is 28.9 Å². The van der Waals surface area contributed by atoms with Crippen molar-refractivity contribution < 1.29 is 17.6 Å². The van der Waals surface area contributed by atoms with Crippen molar-refractivity contribution in [1.82, 2.24) is 15.3 Å². The van der Waals surface area contributed by atoms with Crippen LogP contribution in [0.15, 0.2) is 58.6 Å². The molecule has 1 aromatic carbocycles. The fraction of sp³-hybridized carbons (Fsp3) is 0.261. The molecule has 3 aromatic rings. The smallest absolute Gasteiger partial charge is 0.265 e. The van der Waals surface area contributed by atoms with E-state index < -0.39 is 35.3 Å². The average molecular weight is 444 g/mol. The molecule has 1 aliphatic rings. The molecule has 0 saturated heterocycles. The first-order valence-electron chi connectivity index (χ1n) is 10.0. The maximum Gasteiger partial charge on any atom is 0.265 e. The number of amidine groups is 1. The topological polar surface area (TPSA) is 70.1 Å². The summed E-state index contributed by atoms with van der Waals surface area (Å²) < 4.78 is 55.2. The van der Waals surface area contributed by atoms with Crippen molar-refractivity contribution in [1.29, 1.82) is 0 Å². The summed E-state index contributed by atoms with van der Waals surface area (Å²) in [6, 6.07) is 7.81. The fourth-order valence-electron chi connectivity index (χ4n) is 4.25. The lowest BCUT2D eigenvalue weighted by Crippen LogP contribution is -2.48. The predicted molar refractivity (Wildman–Crippen MR) is 112 cm³/mol. The van der Waals surface area contributed by atoms with Crippen molar-refractivity contribution in [3.8, 4) is 0 Å². The van der Waals surface area contributed by atoms with E-state index in [9.17, 15) is 22.4 Å². The monoisotopic (exact) mass is 444 g/mol. The Labute approximate surface area is 181 Å². The van der Waals surface area contributed by atoms with Crippen LogP contribution >= 0.6 is 0 Å². The SMILES string of the molecule is CCc1c(C(F)F)c(C2=N[C@@H](C)[C@@](c3ccc(F)cc3)(c3ccc(F)nc3)N2)c[nH]c1=O. The predicted octanol–water partition coefficient (Wildman–Crippen LogP) is 4.23. The molecule has 9 heteroatoms. The Balaban J connectivity index is 1.90. The number of alkyl halides is 2. The minimum absolute atomic E-state index is 0.0163. The zero-order chi connectivity index (χ0) is 23.0. The molecule has 5 nitrogen and oxygen atoms in total. The highest BCUT2D eigenvalue weighted by Crippen LogP contribution is 2.39. The summed E-state index contributed by atoms with van der Waals surface area (Å²) in [5, 5.41) is 3.22. The molecule has 0 amide bonds. The van der Waals surface area contributed by atoms with Crippen molar-refractivity contribution in [2.75, 3.05) is 0 Å². The summed E-state index contributed by atoms with van der Waals surface area (Å²) in [6.07, 6.45) is -0.226. The van der Waals surface area contributed by atoms with E-state index in [1.165, 1.54) is 36.7 Å². The number of benzene rings is 1. The normalized spacial score (nSPS) is 20.3. The van der Waals surface area contributed by atoms with E-state index in [2.05, 4.69) is 20.3 Å². The molecule has 0 unspecified atom stereocenters. The number of nitrogens with zero attached hydrogens (tertiary/aromatic N) is 2. The van der Waals surface area contributed by atoms with E-state index in [0.717, 1.165) is 0 Å². The summed E-state index contributed by atoms with van der Waals surface area (Å²) in [4.78, 5) is 22.9. The van der Waals surface area contributed by atoms with Crippen molar-refractivity contribution in [2.45, 2.75) is 38.3 Å². The molecule has 2 atom stereocenters. The molecule has 3 heterocycles. The second-order valence-corrected chi connectivity index (χ2v) is 7.54. The summed E-state index contributed by atoms with van der Waals surface area (Å²) in [7, 11) is 0. The molecular formula is C23H20F4N4O. The van der Waals surface area contributed by atoms with Crippen LogP contribution in [0.2, 0.25) is 0 Å². The molecule has 0 bridgehead atoms. The van der Waals surface area contributed by atoms with Crippen LogP contribution < -0.4 is 10.9 Å². The van der Waals surface area contributed by atoms with Gasteiger partial charge in [0.1, 0.15) is 17.2 Å². The van der Waals surface area contributed by atoms with Crippen LogP contribution in [0, 0.1) is 11.8 Å². The van der Waals surface area contributed by atoms with Crippen LogP contribution in [0.1, 0.15) is 48.1 Å². The van der Waals surface area contributed by atoms with Gasteiger partial charge >= 0.3 is 0 Å². The average Bonchev–Trinajstić information content (AvgIpc) is 3.12. The van der Waals surface area contributed by atoms with E-state index in [1.54, 1.807) is 26.0 Å². The first-order valence-corrected chi connectivity index (χ1v) is 10.0. The number of hydrogen-bond donors (Lipinski definition) is 2.